The maximum absolute atomic E-state index is 12.3. The Morgan fingerprint density at radius 1 is 1.16 bits per heavy atom. The van der Waals surface area contributed by atoms with Gasteiger partial charge in [0.1, 0.15) is 0 Å². The summed E-state index contributed by atoms with van der Waals surface area (Å²) >= 11 is 0. The van der Waals surface area contributed by atoms with Crippen LogP contribution in [0.3, 0.4) is 0 Å². The van der Waals surface area contributed by atoms with E-state index in [1.807, 2.05) is 0 Å². The fourth-order valence-corrected chi connectivity index (χ4v) is 3.58. The number of aryl methyl sites for hydroxylation is 2. The molecule has 0 fully saturated rings. The van der Waals surface area contributed by atoms with Crippen LogP contribution in [-0.4, -0.2) is 21.8 Å². The molecule has 2 nitrogen and oxygen atoms in total. The summed E-state index contributed by atoms with van der Waals surface area (Å²) in [7, 11) is -0.773. The summed E-state index contributed by atoms with van der Waals surface area (Å²) in [6.07, 6.45) is 0.971. The van der Waals surface area contributed by atoms with Gasteiger partial charge < -0.3 is 5.32 Å². The van der Waals surface area contributed by atoms with E-state index >= 15 is 0 Å². The van der Waals surface area contributed by atoms with E-state index in [-0.39, 0.29) is 11.3 Å². The van der Waals surface area contributed by atoms with Crippen molar-refractivity contribution in [2.24, 2.45) is 0 Å². The van der Waals surface area contributed by atoms with E-state index in [0.29, 0.717) is 5.75 Å². The van der Waals surface area contributed by atoms with Gasteiger partial charge in [-0.3, -0.25) is 4.21 Å². The van der Waals surface area contributed by atoms with Gasteiger partial charge in [-0.15, -0.1) is 0 Å². The molecule has 0 saturated carbocycles. The topological polar surface area (TPSA) is 29.1 Å². The van der Waals surface area contributed by atoms with Crippen LogP contribution in [0.5, 0.6) is 0 Å². The lowest BCUT2D eigenvalue weighted by molar-refractivity contribution is 0.590. The first kappa shape index (κ1) is 16.4. The Morgan fingerprint density at radius 2 is 1.74 bits per heavy atom. The zero-order valence-electron chi connectivity index (χ0n) is 12.8. The van der Waals surface area contributed by atoms with Gasteiger partial charge in [-0.25, -0.2) is 0 Å². The molecule has 0 saturated heterocycles. The van der Waals surface area contributed by atoms with Crippen molar-refractivity contribution in [2.75, 3.05) is 12.3 Å². The van der Waals surface area contributed by atoms with Gasteiger partial charge >= 0.3 is 0 Å². The minimum atomic E-state index is -0.773. The highest BCUT2D eigenvalue weighted by Crippen LogP contribution is 2.19. The quantitative estimate of drug-likeness (QED) is 0.829. The molecule has 0 aliphatic heterocycles. The summed E-state index contributed by atoms with van der Waals surface area (Å²) in [6.45, 7) is 11.4. The standard InChI is InChI=1S/C16H27NOS/c1-6-14(5)19(18)11-16(17-7-2)15-9-12(3)8-13(4)10-15/h8-10,14,16-17H,6-7,11H2,1-5H3. The van der Waals surface area contributed by atoms with E-state index in [1.165, 1.54) is 16.7 Å². The lowest BCUT2D eigenvalue weighted by atomic mass is 10.0. The molecule has 0 spiro atoms. The molecule has 1 rings (SSSR count). The molecular weight excluding hydrogens is 254 g/mol. The SMILES string of the molecule is CCNC(CS(=O)C(C)CC)c1cc(C)cc(C)c1. The van der Waals surface area contributed by atoms with Gasteiger partial charge in [0, 0.05) is 27.8 Å². The van der Waals surface area contributed by atoms with Crippen molar-refractivity contribution in [1.29, 1.82) is 0 Å². The van der Waals surface area contributed by atoms with Crippen LogP contribution in [0.1, 0.15) is 49.9 Å². The molecule has 3 atom stereocenters. The predicted molar refractivity (Wildman–Crippen MR) is 85.1 cm³/mol. The first-order valence-corrected chi connectivity index (χ1v) is 8.54. The molecule has 1 aromatic rings. The smallest absolute Gasteiger partial charge is 0.0437 e. The van der Waals surface area contributed by atoms with E-state index in [2.05, 4.69) is 58.1 Å². The molecular formula is C16H27NOS. The van der Waals surface area contributed by atoms with Gasteiger partial charge in [-0.1, -0.05) is 50.1 Å². The van der Waals surface area contributed by atoms with Crippen LogP contribution in [0.15, 0.2) is 18.2 Å². The average Bonchev–Trinajstić information content (AvgIpc) is 2.35. The normalized spacial score (nSPS) is 16.1. The highest BCUT2D eigenvalue weighted by molar-refractivity contribution is 7.85. The third-order valence-corrected chi connectivity index (χ3v) is 5.34. The Morgan fingerprint density at radius 3 is 2.21 bits per heavy atom. The lowest BCUT2D eigenvalue weighted by Crippen LogP contribution is -2.28. The Hall–Kier alpha value is -0.670. The molecule has 3 heteroatoms. The van der Waals surface area contributed by atoms with Crippen molar-refractivity contribution in [2.45, 2.75) is 52.3 Å². The number of nitrogens with one attached hydrogen (secondary N) is 1. The summed E-state index contributed by atoms with van der Waals surface area (Å²) in [4.78, 5) is 0. The van der Waals surface area contributed by atoms with Crippen molar-refractivity contribution in [3.8, 4) is 0 Å². The number of hydrogen-bond donors (Lipinski definition) is 1. The zero-order valence-corrected chi connectivity index (χ0v) is 13.6. The van der Waals surface area contributed by atoms with E-state index in [4.69, 9.17) is 0 Å². The molecule has 0 aromatic heterocycles. The third kappa shape index (κ3) is 5.07. The molecule has 0 amide bonds. The molecule has 19 heavy (non-hydrogen) atoms. The van der Waals surface area contributed by atoms with Crippen molar-refractivity contribution in [3.63, 3.8) is 0 Å². The largest absolute Gasteiger partial charge is 0.309 e. The number of hydrogen-bond acceptors (Lipinski definition) is 2. The van der Waals surface area contributed by atoms with Gasteiger partial charge in [-0.05, 0) is 32.4 Å². The molecule has 1 N–H and O–H groups in total. The maximum Gasteiger partial charge on any atom is 0.0437 e. The Bertz CT molecular complexity index is 411. The van der Waals surface area contributed by atoms with Gasteiger partial charge in [0.2, 0.25) is 0 Å². The maximum atomic E-state index is 12.3. The van der Waals surface area contributed by atoms with Crippen LogP contribution in [0.2, 0.25) is 0 Å². The zero-order chi connectivity index (χ0) is 14.4. The second kappa shape index (κ2) is 7.81. The lowest BCUT2D eigenvalue weighted by Gasteiger charge is -2.21. The monoisotopic (exact) mass is 281 g/mol. The molecule has 0 aliphatic rings. The van der Waals surface area contributed by atoms with Crippen molar-refractivity contribution in [1.82, 2.24) is 5.32 Å². The van der Waals surface area contributed by atoms with Crippen molar-refractivity contribution in [3.05, 3.63) is 34.9 Å². The van der Waals surface area contributed by atoms with Crippen LogP contribution in [0.4, 0.5) is 0 Å². The fraction of sp³-hybridized carbons (Fsp3) is 0.625. The highest BCUT2D eigenvalue weighted by Gasteiger charge is 2.17. The van der Waals surface area contributed by atoms with E-state index < -0.39 is 10.8 Å². The van der Waals surface area contributed by atoms with Crippen molar-refractivity contribution < 1.29 is 4.21 Å². The second-order valence-electron chi connectivity index (χ2n) is 5.30. The minimum absolute atomic E-state index is 0.193. The number of rotatable bonds is 7. The fourth-order valence-electron chi connectivity index (χ4n) is 2.24. The van der Waals surface area contributed by atoms with Crippen LogP contribution >= 0.6 is 0 Å². The molecule has 0 radical (unpaired) electrons. The minimum Gasteiger partial charge on any atom is -0.309 e. The summed E-state index contributed by atoms with van der Waals surface area (Å²) in [5.41, 5.74) is 3.80. The average molecular weight is 281 g/mol. The summed E-state index contributed by atoms with van der Waals surface area (Å²) in [5.74, 6) is 0.700. The van der Waals surface area contributed by atoms with Crippen LogP contribution in [0.25, 0.3) is 0 Å². The third-order valence-electron chi connectivity index (χ3n) is 3.45. The Kier molecular flexibility index (Phi) is 6.73. The van der Waals surface area contributed by atoms with Crippen LogP contribution in [0, 0.1) is 13.8 Å². The summed E-state index contributed by atoms with van der Waals surface area (Å²) in [6, 6.07) is 6.78. The number of benzene rings is 1. The molecule has 0 bridgehead atoms. The van der Waals surface area contributed by atoms with E-state index in [0.717, 1.165) is 13.0 Å². The first-order valence-electron chi connectivity index (χ1n) is 7.16. The van der Waals surface area contributed by atoms with Crippen LogP contribution < -0.4 is 5.32 Å². The molecule has 108 valence electrons. The second-order valence-corrected chi connectivity index (χ2v) is 7.20. The van der Waals surface area contributed by atoms with Crippen LogP contribution in [-0.2, 0) is 10.8 Å². The summed E-state index contributed by atoms with van der Waals surface area (Å²) < 4.78 is 12.3. The van der Waals surface area contributed by atoms with E-state index in [9.17, 15) is 4.21 Å². The van der Waals surface area contributed by atoms with Crippen molar-refractivity contribution >= 4 is 10.8 Å². The molecule has 0 aliphatic carbocycles. The highest BCUT2D eigenvalue weighted by atomic mass is 32.2. The Balaban J connectivity index is 2.90. The molecule has 1 aromatic carbocycles. The van der Waals surface area contributed by atoms with Gasteiger partial charge in [0.05, 0.1) is 0 Å². The molecule has 3 unspecified atom stereocenters. The first-order chi connectivity index (χ1) is 8.97. The van der Waals surface area contributed by atoms with Gasteiger partial charge in [0.25, 0.3) is 0 Å². The molecule has 0 heterocycles. The Labute approximate surface area is 120 Å². The van der Waals surface area contributed by atoms with Gasteiger partial charge in [-0.2, -0.15) is 0 Å². The van der Waals surface area contributed by atoms with E-state index in [1.54, 1.807) is 0 Å². The predicted octanol–water partition coefficient (Wildman–Crippen LogP) is 3.50. The van der Waals surface area contributed by atoms with Gasteiger partial charge in [0.15, 0.2) is 0 Å². The summed E-state index contributed by atoms with van der Waals surface area (Å²) in [5, 5.41) is 3.74.